The summed E-state index contributed by atoms with van der Waals surface area (Å²) in [5.41, 5.74) is -2.05. The molecule has 9 nitrogen and oxygen atoms in total. The van der Waals surface area contributed by atoms with Crippen molar-refractivity contribution < 1.29 is 40.9 Å². The van der Waals surface area contributed by atoms with Crippen LogP contribution in [0.3, 0.4) is 0 Å². The number of carbonyl (C=O) groups is 2. The molecule has 1 atom stereocenters. The molecule has 2 aromatic rings. The first kappa shape index (κ1) is 28.6. The number of pyridine rings is 2. The molecule has 2 aromatic heterocycles. The highest BCUT2D eigenvalue weighted by atomic mass is 32.2. The summed E-state index contributed by atoms with van der Waals surface area (Å²) in [6.07, 6.45) is -4.23. The van der Waals surface area contributed by atoms with Crippen molar-refractivity contribution in [2.45, 2.75) is 62.1 Å². The average Bonchev–Trinajstić information content (AvgIpc) is 3.65. The summed E-state index contributed by atoms with van der Waals surface area (Å²) >= 11 is 0. The van der Waals surface area contributed by atoms with E-state index in [1.54, 1.807) is 0 Å². The molecule has 39 heavy (non-hydrogen) atoms. The van der Waals surface area contributed by atoms with Crippen molar-refractivity contribution in [1.82, 2.24) is 9.97 Å². The molecule has 0 radical (unpaired) electrons. The Hall–Kier alpha value is -3.36. The largest absolute Gasteiger partial charge is 0.463 e. The Bertz CT molecular complexity index is 1430. The van der Waals surface area contributed by atoms with Gasteiger partial charge in [0.1, 0.15) is 20.6 Å². The van der Waals surface area contributed by atoms with Crippen LogP contribution in [0.5, 0.6) is 0 Å². The van der Waals surface area contributed by atoms with E-state index in [2.05, 4.69) is 19.6 Å². The van der Waals surface area contributed by atoms with Gasteiger partial charge in [-0.2, -0.15) is 13.2 Å². The van der Waals surface area contributed by atoms with Gasteiger partial charge in [-0.1, -0.05) is 0 Å². The van der Waals surface area contributed by atoms with Gasteiger partial charge in [0.05, 0.1) is 16.8 Å². The maximum absolute atomic E-state index is 14.2. The number of aromatic nitrogens is 2. The molecule has 4 rings (SSSR count). The van der Waals surface area contributed by atoms with Crippen LogP contribution >= 0.6 is 0 Å². The standard InChI is InChI=1S/C24H26F5N5O4S/c1-13-17(21(35)31-15-6-9-30-16(12-15)39(2,38)33-22(36)37)20(34-10-3-7-23(25,26)8-11-34)32-19(14-4-5-14)18(13)24(27,28)29/h6,9,12,14H,3-5,7-8,10-11H2,1-2H3,(H,36,37)(H,30,31,35). The normalized spacial score (nSPS) is 19.1. The molecule has 15 heteroatoms. The number of nitrogens with one attached hydrogen (secondary N) is 1. The van der Waals surface area contributed by atoms with Gasteiger partial charge in [0.2, 0.25) is 5.92 Å². The third kappa shape index (κ3) is 6.45. The number of halogens is 5. The molecule has 0 aromatic carbocycles. The van der Waals surface area contributed by atoms with Gasteiger partial charge in [-0.15, -0.1) is 4.36 Å². The molecule has 2 fully saturated rings. The van der Waals surface area contributed by atoms with Gasteiger partial charge in [0, 0.05) is 50.0 Å². The van der Waals surface area contributed by atoms with E-state index in [1.165, 1.54) is 11.0 Å². The summed E-state index contributed by atoms with van der Waals surface area (Å²) in [6.45, 7) is 1.03. The van der Waals surface area contributed by atoms with E-state index in [0.29, 0.717) is 12.8 Å². The van der Waals surface area contributed by atoms with Crippen LogP contribution in [-0.4, -0.2) is 56.6 Å². The second kappa shape index (κ2) is 10.3. The van der Waals surface area contributed by atoms with Crippen molar-refractivity contribution in [2.24, 2.45) is 4.36 Å². The number of alkyl halides is 5. The van der Waals surface area contributed by atoms with Crippen molar-refractivity contribution in [3.05, 3.63) is 40.7 Å². The van der Waals surface area contributed by atoms with Crippen molar-refractivity contribution >= 4 is 33.2 Å². The number of carboxylic acid groups (broad SMARTS) is 1. The molecule has 1 aliphatic carbocycles. The minimum atomic E-state index is -4.82. The fourth-order valence-corrected chi connectivity index (χ4v) is 5.57. The lowest BCUT2D eigenvalue weighted by Crippen LogP contribution is -2.31. The van der Waals surface area contributed by atoms with E-state index in [9.17, 15) is 35.8 Å². The van der Waals surface area contributed by atoms with Crippen LogP contribution in [0.25, 0.3) is 0 Å². The third-order valence-corrected chi connectivity index (χ3v) is 8.09. The summed E-state index contributed by atoms with van der Waals surface area (Å²) in [4.78, 5) is 34.0. The van der Waals surface area contributed by atoms with Crippen LogP contribution in [0.1, 0.15) is 65.2 Å². The van der Waals surface area contributed by atoms with Gasteiger partial charge >= 0.3 is 12.3 Å². The van der Waals surface area contributed by atoms with Crippen LogP contribution < -0.4 is 10.2 Å². The summed E-state index contributed by atoms with van der Waals surface area (Å²) in [5.74, 6) is -4.48. The number of carbonyl (C=O) groups excluding carboxylic acids is 1. The molecular weight excluding hydrogens is 549 g/mol. The number of rotatable bonds is 5. The molecule has 1 saturated carbocycles. The first-order valence-corrected chi connectivity index (χ1v) is 14.0. The Morgan fingerprint density at radius 1 is 1.23 bits per heavy atom. The lowest BCUT2D eigenvalue weighted by atomic mass is 9.97. The number of nitrogens with zero attached hydrogens (tertiary/aromatic N) is 4. The predicted octanol–water partition coefficient (Wildman–Crippen LogP) is 5.69. The van der Waals surface area contributed by atoms with E-state index in [-0.39, 0.29) is 47.3 Å². The second-order valence-corrected chi connectivity index (χ2v) is 11.9. The zero-order chi connectivity index (χ0) is 28.8. The zero-order valence-corrected chi connectivity index (χ0v) is 21.8. The lowest BCUT2D eigenvalue weighted by Gasteiger charge is -2.28. The van der Waals surface area contributed by atoms with E-state index >= 15 is 0 Å². The smallest absolute Gasteiger partial charge is 0.439 e. The number of amides is 2. The third-order valence-electron chi connectivity index (χ3n) is 6.58. The maximum Gasteiger partial charge on any atom is 0.439 e. The van der Waals surface area contributed by atoms with Crippen LogP contribution in [0.2, 0.25) is 0 Å². The Labute approximate surface area is 221 Å². The fraction of sp³-hybridized carbons (Fsp3) is 0.500. The number of anilines is 2. The summed E-state index contributed by atoms with van der Waals surface area (Å²) < 4.78 is 86.6. The van der Waals surface area contributed by atoms with Crippen LogP contribution in [0, 0.1) is 6.92 Å². The Kier molecular flexibility index (Phi) is 7.58. The van der Waals surface area contributed by atoms with Gasteiger partial charge in [-0.05, 0) is 43.9 Å². The predicted molar refractivity (Wildman–Crippen MR) is 132 cm³/mol. The van der Waals surface area contributed by atoms with Gasteiger partial charge in [-0.3, -0.25) is 4.79 Å². The van der Waals surface area contributed by atoms with Gasteiger partial charge in [0.15, 0.2) is 0 Å². The average molecular weight is 576 g/mol. The molecule has 1 saturated heterocycles. The quantitative estimate of drug-likeness (QED) is 0.439. The monoisotopic (exact) mass is 575 g/mol. The SMILES string of the molecule is Cc1c(C(=O)Nc2ccnc(S(C)(=O)=NC(=O)O)c2)c(N2CCCC(F)(F)CC2)nc(C2CC2)c1C(F)(F)F. The first-order valence-electron chi connectivity index (χ1n) is 12.1. The summed E-state index contributed by atoms with van der Waals surface area (Å²) in [7, 11) is -3.49. The van der Waals surface area contributed by atoms with Gasteiger partial charge in [0.25, 0.3) is 5.91 Å². The van der Waals surface area contributed by atoms with E-state index in [4.69, 9.17) is 5.11 Å². The molecule has 212 valence electrons. The van der Waals surface area contributed by atoms with Gasteiger partial charge < -0.3 is 15.3 Å². The second-order valence-electron chi connectivity index (χ2n) is 9.68. The molecule has 2 aliphatic rings. The van der Waals surface area contributed by atoms with Crippen LogP contribution in [0.4, 0.5) is 38.3 Å². The molecule has 1 aliphatic heterocycles. The minimum Gasteiger partial charge on any atom is -0.463 e. The first-order chi connectivity index (χ1) is 18.1. The number of hydrogen-bond donors (Lipinski definition) is 2. The topological polar surface area (TPSA) is 125 Å². The minimum absolute atomic E-state index is 0.0345. The van der Waals surface area contributed by atoms with E-state index in [1.807, 2.05) is 0 Å². The van der Waals surface area contributed by atoms with E-state index < -0.39 is 63.7 Å². The molecular formula is C24H26F5N5O4S. The fourth-order valence-electron chi connectivity index (χ4n) is 4.58. The summed E-state index contributed by atoms with van der Waals surface area (Å²) in [6, 6.07) is 2.38. The molecule has 1 unspecified atom stereocenters. The molecule has 3 heterocycles. The number of hydrogen-bond acceptors (Lipinski definition) is 6. The highest BCUT2D eigenvalue weighted by molar-refractivity contribution is 7.93. The summed E-state index contributed by atoms with van der Waals surface area (Å²) in [5, 5.41) is 11.0. The van der Waals surface area contributed by atoms with Crippen molar-refractivity contribution in [1.29, 1.82) is 0 Å². The molecule has 2 N–H and O–H groups in total. The Morgan fingerprint density at radius 2 is 1.92 bits per heavy atom. The Balaban J connectivity index is 1.81. The highest BCUT2D eigenvalue weighted by Gasteiger charge is 2.44. The van der Waals surface area contributed by atoms with Crippen molar-refractivity contribution in [3.8, 4) is 0 Å². The molecule has 2 amide bonds. The van der Waals surface area contributed by atoms with Crippen LogP contribution in [-0.2, 0) is 15.9 Å². The molecule has 0 bridgehead atoms. The highest BCUT2D eigenvalue weighted by Crippen LogP contribution is 2.48. The zero-order valence-electron chi connectivity index (χ0n) is 21.0. The lowest BCUT2D eigenvalue weighted by molar-refractivity contribution is -0.139. The van der Waals surface area contributed by atoms with E-state index in [0.717, 1.165) is 25.4 Å². The van der Waals surface area contributed by atoms with Crippen molar-refractivity contribution in [3.63, 3.8) is 0 Å². The maximum atomic E-state index is 14.2. The Morgan fingerprint density at radius 3 is 2.54 bits per heavy atom. The molecule has 0 spiro atoms. The van der Waals surface area contributed by atoms with Crippen LogP contribution in [0.15, 0.2) is 27.7 Å². The van der Waals surface area contributed by atoms with Gasteiger partial charge in [-0.25, -0.2) is 27.8 Å². The van der Waals surface area contributed by atoms with Crippen molar-refractivity contribution in [2.75, 3.05) is 29.6 Å².